The summed E-state index contributed by atoms with van der Waals surface area (Å²) in [6.07, 6.45) is 4.98. The molecule has 0 aliphatic rings. The van der Waals surface area contributed by atoms with Crippen LogP contribution in [0, 0.1) is 0 Å². The third-order valence-electron chi connectivity index (χ3n) is 2.22. The molecule has 90 valence electrons. The fraction of sp³-hybridized carbons (Fsp3) is 0.667. The summed E-state index contributed by atoms with van der Waals surface area (Å²) < 4.78 is 5.68. The maximum absolute atomic E-state index is 5.68. The minimum atomic E-state index is 0.207. The third kappa shape index (κ3) is 4.47. The lowest BCUT2D eigenvalue weighted by molar-refractivity contribution is 0.201. The first-order valence-corrected chi connectivity index (χ1v) is 5.98. The van der Waals surface area contributed by atoms with E-state index in [2.05, 4.69) is 36.1 Å². The van der Waals surface area contributed by atoms with Gasteiger partial charge in [-0.05, 0) is 19.8 Å². The smallest absolute Gasteiger partial charge is 0.218 e. The van der Waals surface area contributed by atoms with Crippen LogP contribution in [-0.2, 0) is 0 Å². The molecule has 1 rings (SSSR count). The van der Waals surface area contributed by atoms with Crippen LogP contribution in [0.4, 0.5) is 5.82 Å². The summed E-state index contributed by atoms with van der Waals surface area (Å²) >= 11 is 0. The first-order chi connectivity index (χ1) is 7.76. The van der Waals surface area contributed by atoms with Gasteiger partial charge in [0, 0.05) is 12.6 Å². The Morgan fingerprint density at radius 1 is 1.31 bits per heavy atom. The van der Waals surface area contributed by atoms with Crippen molar-refractivity contribution < 1.29 is 4.74 Å². The second-order valence-electron chi connectivity index (χ2n) is 3.89. The molecule has 0 saturated carbocycles. The maximum atomic E-state index is 5.68. The van der Waals surface area contributed by atoms with E-state index in [0.717, 1.165) is 31.6 Å². The fourth-order valence-corrected chi connectivity index (χ4v) is 1.43. The van der Waals surface area contributed by atoms with Gasteiger partial charge in [0.1, 0.15) is 12.1 Å². The van der Waals surface area contributed by atoms with Crippen molar-refractivity contribution in [3.63, 3.8) is 0 Å². The molecule has 0 aromatic carbocycles. The van der Waals surface area contributed by atoms with Gasteiger partial charge in [0.05, 0.1) is 6.10 Å². The summed E-state index contributed by atoms with van der Waals surface area (Å²) in [7, 11) is 0. The average molecular weight is 223 g/mol. The lowest BCUT2D eigenvalue weighted by Crippen LogP contribution is -2.12. The Kier molecular flexibility index (Phi) is 5.61. The Labute approximate surface area is 97.5 Å². The molecule has 4 nitrogen and oxygen atoms in total. The fourth-order valence-electron chi connectivity index (χ4n) is 1.43. The van der Waals surface area contributed by atoms with E-state index in [9.17, 15) is 0 Å². The van der Waals surface area contributed by atoms with Gasteiger partial charge in [-0.3, -0.25) is 0 Å². The number of nitrogens with one attached hydrogen (secondary N) is 1. The molecule has 1 unspecified atom stereocenters. The van der Waals surface area contributed by atoms with E-state index < -0.39 is 0 Å². The van der Waals surface area contributed by atoms with E-state index in [1.165, 1.54) is 6.33 Å². The predicted molar refractivity (Wildman–Crippen MR) is 65.8 cm³/mol. The number of rotatable bonds is 7. The van der Waals surface area contributed by atoms with Gasteiger partial charge in [0.2, 0.25) is 5.88 Å². The van der Waals surface area contributed by atoms with Crippen molar-refractivity contribution in [2.24, 2.45) is 0 Å². The SMILES string of the molecule is CCCNc1cc(OC(C)CCC)ncn1. The third-order valence-corrected chi connectivity index (χ3v) is 2.22. The monoisotopic (exact) mass is 223 g/mol. The molecular weight excluding hydrogens is 202 g/mol. The van der Waals surface area contributed by atoms with Gasteiger partial charge >= 0.3 is 0 Å². The second-order valence-corrected chi connectivity index (χ2v) is 3.89. The zero-order valence-corrected chi connectivity index (χ0v) is 10.4. The Bertz CT molecular complexity index is 304. The van der Waals surface area contributed by atoms with Crippen LogP contribution in [0.3, 0.4) is 0 Å². The first-order valence-electron chi connectivity index (χ1n) is 5.98. The van der Waals surface area contributed by atoms with Crippen LogP contribution in [0.5, 0.6) is 5.88 Å². The zero-order chi connectivity index (χ0) is 11.8. The van der Waals surface area contributed by atoms with Crippen LogP contribution in [0.2, 0.25) is 0 Å². The van der Waals surface area contributed by atoms with Crippen LogP contribution in [0.15, 0.2) is 12.4 Å². The van der Waals surface area contributed by atoms with E-state index in [4.69, 9.17) is 4.74 Å². The van der Waals surface area contributed by atoms with E-state index in [0.29, 0.717) is 5.88 Å². The molecule has 0 bridgehead atoms. The van der Waals surface area contributed by atoms with Crippen molar-refractivity contribution in [2.45, 2.75) is 46.1 Å². The lowest BCUT2D eigenvalue weighted by atomic mass is 10.2. The average Bonchev–Trinajstić information content (AvgIpc) is 2.27. The van der Waals surface area contributed by atoms with E-state index in [1.807, 2.05) is 6.07 Å². The number of ether oxygens (including phenoxy) is 1. The summed E-state index contributed by atoms with van der Waals surface area (Å²) in [6.45, 7) is 7.24. The summed E-state index contributed by atoms with van der Waals surface area (Å²) in [5.74, 6) is 1.48. The standard InChI is InChI=1S/C12H21N3O/c1-4-6-10(3)16-12-8-11(13-7-5-2)14-9-15-12/h8-10H,4-7H2,1-3H3,(H,13,14,15). The van der Waals surface area contributed by atoms with Crippen LogP contribution in [0.1, 0.15) is 40.0 Å². The lowest BCUT2D eigenvalue weighted by Gasteiger charge is -2.13. The first kappa shape index (κ1) is 12.7. The highest BCUT2D eigenvalue weighted by atomic mass is 16.5. The largest absolute Gasteiger partial charge is 0.475 e. The summed E-state index contributed by atoms with van der Waals surface area (Å²) in [5, 5.41) is 3.21. The molecule has 0 aliphatic heterocycles. The zero-order valence-electron chi connectivity index (χ0n) is 10.4. The Balaban J connectivity index is 2.52. The van der Waals surface area contributed by atoms with Gasteiger partial charge in [-0.2, -0.15) is 0 Å². The van der Waals surface area contributed by atoms with E-state index in [-0.39, 0.29) is 6.10 Å². The van der Waals surface area contributed by atoms with E-state index in [1.54, 1.807) is 0 Å². The van der Waals surface area contributed by atoms with Crippen LogP contribution in [0.25, 0.3) is 0 Å². The highest BCUT2D eigenvalue weighted by Gasteiger charge is 2.04. The van der Waals surface area contributed by atoms with Crippen LogP contribution >= 0.6 is 0 Å². The molecule has 0 saturated heterocycles. The minimum absolute atomic E-state index is 0.207. The molecule has 0 aliphatic carbocycles. The van der Waals surface area contributed by atoms with Crippen molar-refractivity contribution in [1.82, 2.24) is 9.97 Å². The summed E-state index contributed by atoms with van der Waals surface area (Å²) in [5.41, 5.74) is 0. The molecule has 4 heteroatoms. The molecule has 0 radical (unpaired) electrons. The van der Waals surface area contributed by atoms with Gasteiger partial charge in [-0.25, -0.2) is 9.97 Å². The number of anilines is 1. The summed E-state index contributed by atoms with van der Waals surface area (Å²) in [4.78, 5) is 8.22. The van der Waals surface area contributed by atoms with E-state index >= 15 is 0 Å². The number of hydrogen-bond acceptors (Lipinski definition) is 4. The molecule has 0 fully saturated rings. The van der Waals surface area contributed by atoms with Crippen molar-refractivity contribution in [1.29, 1.82) is 0 Å². The highest BCUT2D eigenvalue weighted by Crippen LogP contribution is 2.14. The van der Waals surface area contributed by atoms with Crippen molar-refractivity contribution in [3.05, 3.63) is 12.4 Å². The Morgan fingerprint density at radius 3 is 2.81 bits per heavy atom. The molecule has 16 heavy (non-hydrogen) atoms. The number of hydrogen-bond donors (Lipinski definition) is 1. The van der Waals surface area contributed by atoms with Crippen molar-refractivity contribution in [3.8, 4) is 5.88 Å². The number of aromatic nitrogens is 2. The Morgan fingerprint density at radius 2 is 2.12 bits per heavy atom. The quantitative estimate of drug-likeness (QED) is 0.772. The number of nitrogens with zero attached hydrogens (tertiary/aromatic N) is 2. The Hall–Kier alpha value is -1.32. The molecule has 1 heterocycles. The molecule has 1 N–H and O–H groups in total. The minimum Gasteiger partial charge on any atom is -0.475 e. The molecule has 0 amide bonds. The predicted octanol–water partition coefficient (Wildman–Crippen LogP) is 2.87. The van der Waals surface area contributed by atoms with Crippen LogP contribution in [-0.4, -0.2) is 22.6 Å². The van der Waals surface area contributed by atoms with Gasteiger partial charge in [-0.15, -0.1) is 0 Å². The highest BCUT2D eigenvalue weighted by molar-refractivity contribution is 5.36. The van der Waals surface area contributed by atoms with Gasteiger partial charge < -0.3 is 10.1 Å². The second kappa shape index (κ2) is 7.04. The van der Waals surface area contributed by atoms with Gasteiger partial charge in [0.15, 0.2) is 0 Å². The van der Waals surface area contributed by atoms with Crippen molar-refractivity contribution >= 4 is 5.82 Å². The maximum Gasteiger partial charge on any atom is 0.218 e. The van der Waals surface area contributed by atoms with Gasteiger partial charge in [-0.1, -0.05) is 20.3 Å². The van der Waals surface area contributed by atoms with Crippen molar-refractivity contribution in [2.75, 3.05) is 11.9 Å². The topological polar surface area (TPSA) is 47.0 Å². The molecule has 1 aromatic heterocycles. The normalized spacial score (nSPS) is 12.2. The van der Waals surface area contributed by atoms with Gasteiger partial charge in [0.25, 0.3) is 0 Å². The molecular formula is C12H21N3O. The molecule has 0 spiro atoms. The summed E-state index contributed by atoms with van der Waals surface area (Å²) in [6, 6.07) is 1.85. The molecule has 1 atom stereocenters. The van der Waals surface area contributed by atoms with Crippen LogP contribution < -0.4 is 10.1 Å². The molecule has 1 aromatic rings.